The maximum absolute atomic E-state index is 9.80. The summed E-state index contributed by atoms with van der Waals surface area (Å²) < 4.78 is 5.48. The van der Waals surface area contributed by atoms with Crippen molar-refractivity contribution < 1.29 is 14.9 Å². The van der Waals surface area contributed by atoms with Gasteiger partial charge in [-0.25, -0.2) is 4.98 Å². The number of hydrogen-bond donors (Lipinski definition) is 2. The van der Waals surface area contributed by atoms with Crippen LogP contribution in [0.2, 0.25) is 0 Å². The van der Waals surface area contributed by atoms with Gasteiger partial charge in [-0.05, 0) is 26.0 Å². The number of hydrogen-bond acceptors (Lipinski definition) is 4. The molecule has 1 aromatic heterocycles. The lowest BCUT2D eigenvalue weighted by Crippen LogP contribution is -2.49. The highest BCUT2D eigenvalue weighted by Crippen LogP contribution is 2.37. The fourth-order valence-corrected chi connectivity index (χ4v) is 1.57. The minimum Gasteiger partial charge on any atom is -0.468 e. The molecule has 76 valence electrons. The van der Waals surface area contributed by atoms with E-state index < -0.39 is 17.8 Å². The van der Waals surface area contributed by atoms with Crippen LogP contribution in [-0.2, 0) is 0 Å². The maximum atomic E-state index is 9.80. The lowest BCUT2D eigenvalue weighted by atomic mass is 9.90. The van der Waals surface area contributed by atoms with Crippen LogP contribution in [0.1, 0.15) is 25.5 Å². The molecule has 0 amide bonds. The lowest BCUT2D eigenvalue weighted by molar-refractivity contribution is -0.114. The Balaban J connectivity index is 2.48. The van der Waals surface area contributed by atoms with E-state index in [-0.39, 0.29) is 0 Å². The van der Waals surface area contributed by atoms with Crippen LogP contribution in [0.25, 0.3) is 0 Å². The molecule has 0 unspecified atom stereocenters. The van der Waals surface area contributed by atoms with E-state index in [1.807, 2.05) is 0 Å². The van der Waals surface area contributed by atoms with E-state index in [2.05, 4.69) is 4.98 Å². The van der Waals surface area contributed by atoms with Crippen molar-refractivity contribution in [3.8, 4) is 5.88 Å². The van der Waals surface area contributed by atoms with E-state index in [1.165, 1.54) is 0 Å². The van der Waals surface area contributed by atoms with E-state index in [4.69, 9.17) is 4.74 Å². The van der Waals surface area contributed by atoms with Crippen molar-refractivity contribution in [3.05, 3.63) is 23.9 Å². The van der Waals surface area contributed by atoms with Gasteiger partial charge in [-0.15, -0.1) is 0 Å². The standard InChI is InChI=1S/C10H13NO3/c1-10(2)8(13)7(12)6-4-3-5-11-9(6)14-10/h3-5,7-8,12-13H,1-2H3/t7-,8+/m0/s1. The number of aromatic nitrogens is 1. The van der Waals surface area contributed by atoms with E-state index in [1.54, 1.807) is 32.2 Å². The molecule has 2 rings (SSSR count). The molecule has 1 aliphatic heterocycles. The average molecular weight is 195 g/mol. The molecule has 2 N–H and O–H groups in total. The minimum absolute atomic E-state index is 0.398. The van der Waals surface area contributed by atoms with E-state index in [0.29, 0.717) is 11.4 Å². The molecule has 0 spiro atoms. The zero-order chi connectivity index (χ0) is 10.3. The van der Waals surface area contributed by atoms with Crippen molar-refractivity contribution in [2.75, 3.05) is 0 Å². The van der Waals surface area contributed by atoms with Gasteiger partial charge in [-0.2, -0.15) is 0 Å². The Hall–Kier alpha value is -1.13. The second kappa shape index (κ2) is 2.93. The van der Waals surface area contributed by atoms with E-state index in [9.17, 15) is 10.2 Å². The number of fused-ring (bicyclic) bond motifs is 1. The first-order valence-electron chi connectivity index (χ1n) is 4.52. The van der Waals surface area contributed by atoms with Crippen molar-refractivity contribution in [2.45, 2.75) is 31.7 Å². The second-order valence-electron chi connectivity index (χ2n) is 3.99. The molecule has 0 bridgehead atoms. The van der Waals surface area contributed by atoms with Gasteiger partial charge in [0.2, 0.25) is 5.88 Å². The molecule has 0 saturated heterocycles. The third-order valence-electron chi connectivity index (χ3n) is 2.49. The summed E-state index contributed by atoms with van der Waals surface area (Å²) in [6.45, 7) is 3.44. The summed E-state index contributed by atoms with van der Waals surface area (Å²) in [5.41, 5.74) is -0.264. The Kier molecular flexibility index (Phi) is 1.97. The topological polar surface area (TPSA) is 62.6 Å². The molecule has 0 aromatic carbocycles. The van der Waals surface area contributed by atoms with Gasteiger partial charge in [-0.3, -0.25) is 0 Å². The third-order valence-corrected chi connectivity index (χ3v) is 2.49. The highest BCUT2D eigenvalue weighted by Gasteiger charge is 2.42. The largest absolute Gasteiger partial charge is 0.468 e. The van der Waals surface area contributed by atoms with Gasteiger partial charge in [-0.1, -0.05) is 0 Å². The van der Waals surface area contributed by atoms with Crippen LogP contribution in [0.3, 0.4) is 0 Å². The van der Waals surface area contributed by atoms with Crippen molar-refractivity contribution in [1.29, 1.82) is 0 Å². The second-order valence-corrected chi connectivity index (χ2v) is 3.99. The van der Waals surface area contributed by atoms with Gasteiger partial charge < -0.3 is 14.9 Å². The van der Waals surface area contributed by atoms with Crippen LogP contribution in [0.4, 0.5) is 0 Å². The van der Waals surface area contributed by atoms with Crippen LogP contribution >= 0.6 is 0 Å². The number of rotatable bonds is 0. The lowest BCUT2D eigenvalue weighted by Gasteiger charge is -2.38. The molecule has 1 aromatic rings. The normalized spacial score (nSPS) is 29.1. The summed E-state index contributed by atoms with van der Waals surface area (Å²) in [6.07, 6.45) is -0.263. The van der Waals surface area contributed by atoms with Crippen LogP contribution in [0.15, 0.2) is 18.3 Å². The Labute approximate surface area is 82.2 Å². The predicted octanol–water partition coefficient (Wildman–Crippen LogP) is 0.647. The van der Waals surface area contributed by atoms with Crippen LogP contribution in [-0.4, -0.2) is 26.9 Å². The molecular weight excluding hydrogens is 182 g/mol. The molecule has 2 atom stereocenters. The van der Waals surface area contributed by atoms with Gasteiger partial charge in [0, 0.05) is 11.8 Å². The molecule has 2 heterocycles. The van der Waals surface area contributed by atoms with Crippen molar-refractivity contribution in [2.24, 2.45) is 0 Å². The fraction of sp³-hybridized carbons (Fsp3) is 0.500. The molecule has 14 heavy (non-hydrogen) atoms. The van der Waals surface area contributed by atoms with Gasteiger partial charge in [0.15, 0.2) is 0 Å². The van der Waals surface area contributed by atoms with Crippen LogP contribution in [0, 0.1) is 0 Å². The van der Waals surface area contributed by atoms with Gasteiger partial charge in [0.1, 0.15) is 17.8 Å². The predicted molar refractivity (Wildman–Crippen MR) is 49.9 cm³/mol. The molecule has 4 heteroatoms. The fourth-order valence-electron chi connectivity index (χ4n) is 1.57. The molecule has 0 aliphatic carbocycles. The van der Waals surface area contributed by atoms with Crippen molar-refractivity contribution in [1.82, 2.24) is 4.98 Å². The summed E-state index contributed by atoms with van der Waals surface area (Å²) in [4.78, 5) is 4.01. The molecular formula is C10H13NO3. The first-order valence-corrected chi connectivity index (χ1v) is 4.52. The first kappa shape index (κ1) is 9.43. The smallest absolute Gasteiger partial charge is 0.219 e. The number of pyridine rings is 1. The zero-order valence-electron chi connectivity index (χ0n) is 8.14. The monoisotopic (exact) mass is 195 g/mol. The molecule has 0 radical (unpaired) electrons. The number of aliphatic hydroxyl groups is 2. The summed E-state index contributed by atoms with van der Waals surface area (Å²) in [5, 5.41) is 19.5. The zero-order valence-corrected chi connectivity index (χ0v) is 8.14. The van der Waals surface area contributed by atoms with Crippen LogP contribution in [0.5, 0.6) is 5.88 Å². The summed E-state index contributed by atoms with van der Waals surface area (Å²) >= 11 is 0. The minimum atomic E-state index is -0.931. The Morgan fingerprint density at radius 3 is 2.86 bits per heavy atom. The molecule has 0 fully saturated rings. The van der Waals surface area contributed by atoms with Crippen molar-refractivity contribution >= 4 is 0 Å². The molecule has 1 aliphatic rings. The third kappa shape index (κ3) is 1.27. The first-order chi connectivity index (χ1) is 6.52. The van der Waals surface area contributed by atoms with E-state index in [0.717, 1.165) is 0 Å². The Morgan fingerprint density at radius 2 is 2.14 bits per heavy atom. The number of ether oxygens (including phenoxy) is 1. The van der Waals surface area contributed by atoms with E-state index >= 15 is 0 Å². The van der Waals surface area contributed by atoms with Gasteiger partial charge >= 0.3 is 0 Å². The molecule has 4 nitrogen and oxygen atoms in total. The summed E-state index contributed by atoms with van der Waals surface area (Å²) in [6, 6.07) is 3.40. The highest BCUT2D eigenvalue weighted by molar-refractivity contribution is 5.32. The van der Waals surface area contributed by atoms with Gasteiger partial charge in [0.25, 0.3) is 0 Å². The Bertz CT molecular complexity index is 351. The number of nitrogens with zero attached hydrogens (tertiary/aromatic N) is 1. The summed E-state index contributed by atoms with van der Waals surface area (Å²) in [5.74, 6) is 0.398. The maximum Gasteiger partial charge on any atom is 0.219 e. The van der Waals surface area contributed by atoms with Crippen molar-refractivity contribution in [3.63, 3.8) is 0 Å². The number of aliphatic hydroxyl groups excluding tert-OH is 2. The SMILES string of the molecule is CC1(C)Oc2ncccc2[C@H](O)[C@H]1O. The van der Waals surface area contributed by atoms with Gasteiger partial charge in [0.05, 0.1) is 0 Å². The quantitative estimate of drug-likeness (QED) is 0.638. The van der Waals surface area contributed by atoms with Crippen LogP contribution < -0.4 is 4.74 Å². The Morgan fingerprint density at radius 1 is 1.43 bits per heavy atom. The highest BCUT2D eigenvalue weighted by atomic mass is 16.5. The average Bonchev–Trinajstić information content (AvgIpc) is 2.14. The molecule has 0 saturated carbocycles. The summed E-state index contributed by atoms with van der Waals surface area (Å²) in [7, 11) is 0.